The molecule has 0 unspecified atom stereocenters. The van der Waals surface area contributed by atoms with E-state index in [1.54, 1.807) is 0 Å². The maximum atomic E-state index is 12.7. The Hall–Kier alpha value is -1.36. The fourth-order valence-electron chi connectivity index (χ4n) is 3.15. The Morgan fingerprint density at radius 1 is 1.33 bits per heavy atom. The molecule has 0 spiro atoms. The van der Waals surface area contributed by atoms with Gasteiger partial charge >= 0.3 is 6.36 Å². The predicted molar refractivity (Wildman–Crippen MR) is 75.7 cm³/mol. The monoisotopic (exact) mass is 367 g/mol. The van der Waals surface area contributed by atoms with Gasteiger partial charge in [0, 0.05) is 24.4 Å². The molecule has 6 nitrogen and oxygen atoms in total. The molecule has 2 atom stereocenters. The van der Waals surface area contributed by atoms with Gasteiger partial charge in [-0.1, -0.05) is 0 Å². The van der Waals surface area contributed by atoms with Crippen molar-refractivity contribution in [2.75, 3.05) is 32.9 Å². The van der Waals surface area contributed by atoms with Gasteiger partial charge in [0.15, 0.2) is 0 Å². The van der Waals surface area contributed by atoms with E-state index in [1.165, 1.54) is 4.31 Å². The first kappa shape index (κ1) is 17.5. The van der Waals surface area contributed by atoms with Crippen molar-refractivity contribution in [2.24, 2.45) is 11.3 Å². The van der Waals surface area contributed by atoms with E-state index in [0.717, 1.165) is 24.3 Å². The predicted octanol–water partition coefficient (Wildman–Crippen LogP) is 1.21. The number of alkyl halides is 3. The second-order valence-electron chi connectivity index (χ2n) is 6.05. The van der Waals surface area contributed by atoms with Gasteiger partial charge in [0.2, 0.25) is 10.0 Å². The molecule has 134 valence electrons. The summed E-state index contributed by atoms with van der Waals surface area (Å²) in [5.41, 5.74) is -0.605. The molecular formula is C14H16F3NO5S. The lowest BCUT2D eigenvalue weighted by Gasteiger charge is -2.24. The lowest BCUT2D eigenvalue weighted by atomic mass is 9.82. The molecule has 2 saturated heterocycles. The quantitative estimate of drug-likeness (QED) is 0.866. The molecule has 2 heterocycles. The van der Waals surface area contributed by atoms with Crippen molar-refractivity contribution in [3.05, 3.63) is 24.3 Å². The number of ether oxygens (including phenoxy) is 2. The van der Waals surface area contributed by atoms with Crippen molar-refractivity contribution in [1.82, 2.24) is 4.31 Å². The zero-order chi connectivity index (χ0) is 17.6. The Labute approximate surface area is 136 Å². The number of aliphatic hydroxyl groups is 1. The van der Waals surface area contributed by atoms with Crippen molar-refractivity contribution < 1.29 is 36.2 Å². The highest BCUT2D eigenvalue weighted by atomic mass is 32.2. The Bertz CT molecular complexity index is 706. The number of nitrogens with zero attached hydrogens (tertiary/aromatic N) is 1. The highest BCUT2D eigenvalue weighted by Crippen LogP contribution is 2.42. The number of fused-ring (bicyclic) bond motifs is 1. The van der Waals surface area contributed by atoms with E-state index >= 15 is 0 Å². The molecule has 10 heteroatoms. The van der Waals surface area contributed by atoms with Crippen LogP contribution in [0.25, 0.3) is 0 Å². The molecule has 3 rings (SSSR count). The average Bonchev–Trinajstić information content (AvgIpc) is 3.03. The third-order valence-electron chi connectivity index (χ3n) is 4.50. The summed E-state index contributed by atoms with van der Waals surface area (Å²) in [6.45, 7) is 0.826. The first-order chi connectivity index (χ1) is 11.2. The maximum absolute atomic E-state index is 12.7. The Morgan fingerprint density at radius 2 is 2.00 bits per heavy atom. The Balaban J connectivity index is 1.79. The number of rotatable bonds is 4. The third-order valence-corrected chi connectivity index (χ3v) is 6.33. The SMILES string of the molecule is O=S(=O)(c1ccc(OC(F)(F)F)cc1)N1C[C@H]2COC[C@@]2(CO)C1. The second-order valence-corrected chi connectivity index (χ2v) is 7.99. The van der Waals surface area contributed by atoms with Crippen molar-refractivity contribution in [1.29, 1.82) is 0 Å². The van der Waals surface area contributed by atoms with Crippen molar-refractivity contribution in [3.63, 3.8) is 0 Å². The van der Waals surface area contributed by atoms with Crippen LogP contribution < -0.4 is 4.74 Å². The zero-order valence-electron chi connectivity index (χ0n) is 12.5. The van der Waals surface area contributed by atoms with Gasteiger partial charge in [-0.2, -0.15) is 4.31 Å². The molecule has 0 radical (unpaired) electrons. The van der Waals surface area contributed by atoms with Crippen LogP contribution in [-0.4, -0.2) is 57.1 Å². The van der Waals surface area contributed by atoms with E-state index in [0.29, 0.717) is 13.2 Å². The van der Waals surface area contributed by atoms with Crippen LogP contribution in [0.15, 0.2) is 29.2 Å². The van der Waals surface area contributed by atoms with E-state index in [-0.39, 0.29) is 30.5 Å². The van der Waals surface area contributed by atoms with E-state index < -0.39 is 27.6 Å². The largest absolute Gasteiger partial charge is 0.573 e. The molecule has 0 saturated carbocycles. The number of aliphatic hydroxyl groups excluding tert-OH is 1. The van der Waals surface area contributed by atoms with Crippen molar-refractivity contribution in [3.8, 4) is 5.75 Å². The maximum Gasteiger partial charge on any atom is 0.573 e. The summed E-state index contributed by atoms with van der Waals surface area (Å²) >= 11 is 0. The zero-order valence-corrected chi connectivity index (χ0v) is 13.3. The summed E-state index contributed by atoms with van der Waals surface area (Å²) in [5, 5.41) is 9.60. The summed E-state index contributed by atoms with van der Waals surface area (Å²) in [6.07, 6.45) is -4.83. The minimum absolute atomic E-state index is 0.0925. The van der Waals surface area contributed by atoms with Crippen LogP contribution in [0, 0.1) is 11.3 Å². The molecule has 0 aliphatic carbocycles. The van der Waals surface area contributed by atoms with Crippen molar-refractivity contribution in [2.45, 2.75) is 11.3 Å². The first-order valence-electron chi connectivity index (χ1n) is 7.21. The summed E-state index contributed by atoms with van der Waals surface area (Å²) < 4.78 is 72.1. The number of benzene rings is 1. The molecule has 2 aliphatic rings. The van der Waals surface area contributed by atoms with Gasteiger partial charge in [0.25, 0.3) is 0 Å². The van der Waals surface area contributed by atoms with E-state index in [1.807, 2.05) is 0 Å². The molecular weight excluding hydrogens is 351 g/mol. The van der Waals surface area contributed by atoms with Crippen LogP contribution in [0.3, 0.4) is 0 Å². The van der Waals surface area contributed by atoms with Crippen LogP contribution in [0.4, 0.5) is 13.2 Å². The minimum atomic E-state index is -4.83. The lowest BCUT2D eigenvalue weighted by Crippen LogP contribution is -2.36. The lowest BCUT2D eigenvalue weighted by molar-refractivity contribution is -0.274. The number of sulfonamides is 1. The minimum Gasteiger partial charge on any atom is -0.406 e. The average molecular weight is 367 g/mol. The molecule has 0 amide bonds. The highest BCUT2D eigenvalue weighted by Gasteiger charge is 2.53. The summed E-state index contributed by atoms with van der Waals surface area (Å²) in [7, 11) is -3.86. The molecule has 0 bridgehead atoms. The molecule has 24 heavy (non-hydrogen) atoms. The topological polar surface area (TPSA) is 76.1 Å². The number of hydrogen-bond donors (Lipinski definition) is 1. The normalized spacial score (nSPS) is 28.1. The third kappa shape index (κ3) is 3.10. The fourth-order valence-corrected chi connectivity index (χ4v) is 4.73. The van der Waals surface area contributed by atoms with Crippen LogP contribution in [0.1, 0.15) is 0 Å². The van der Waals surface area contributed by atoms with Crippen LogP contribution in [0.5, 0.6) is 5.75 Å². The van der Waals surface area contributed by atoms with Crippen molar-refractivity contribution >= 4 is 10.0 Å². The van der Waals surface area contributed by atoms with E-state index in [2.05, 4.69) is 4.74 Å². The summed E-state index contributed by atoms with van der Waals surface area (Å²) in [6, 6.07) is 4.07. The first-order valence-corrected chi connectivity index (χ1v) is 8.65. The summed E-state index contributed by atoms with van der Waals surface area (Å²) in [5.74, 6) is -0.579. The summed E-state index contributed by atoms with van der Waals surface area (Å²) in [4.78, 5) is -0.119. The molecule has 2 fully saturated rings. The molecule has 0 aromatic heterocycles. The molecule has 1 N–H and O–H groups in total. The van der Waals surface area contributed by atoms with Gasteiger partial charge in [-0.05, 0) is 24.3 Å². The Morgan fingerprint density at radius 3 is 2.54 bits per heavy atom. The van der Waals surface area contributed by atoms with Crippen LogP contribution >= 0.6 is 0 Å². The van der Waals surface area contributed by atoms with Crippen LogP contribution in [-0.2, 0) is 14.8 Å². The van der Waals surface area contributed by atoms with Gasteiger partial charge in [0.05, 0.1) is 24.7 Å². The second kappa shape index (κ2) is 5.87. The van der Waals surface area contributed by atoms with Gasteiger partial charge in [-0.15, -0.1) is 13.2 Å². The Kier molecular flexibility index (Phi) is 4.27. The smallest absolute Gasteiger partial charge is 0.406 e. The van der Waals surface area contributed by atoms with Gasteiger partial charge in [0.1, 0.15) is 5.75 Å². The molecule has 2 aliphatic heterocycles. The molecule has 1 aromatic carbocycles. The number of hydrogen-bond acceptors (Lipinski definition) is 5. The molecule has 1 aromatic rings. The fraction of sp³-hybridized carbons (Fsp3) is 0.571. The van der Waals surface area contributed by atoms with Gasteiger partial charge in [-0.3, -0.25) is 0 Å². The standard InChI is InChI=1S/C14H16F3NO5S/c15-14(16,17)23-11-1-3-12(4-2-11)24(20,21)18-5-10-6-22-9-13(10,7-18)8-19/h1-4,10,19H,5-9H2/t10-,13-/m0/s1. The van der Waals surface area contributed by atoms with E-state index in [9.17, 15) is 26.7 Å². The van der Waals surface area contributed by atoms with Gasteiger partial charge < -0.3 is 14.6 Å². The number of halogens is 3. The van der Waals surface area contributed by atoms with Gasteiger partial charge in [-0.25, -0.2) is 8.42 Å². The van der Waals surface area contributed by atoms with E-state index in [4.69, 9.17) is 4.74 Å². The van der Waals surface area contributed by atoms with Crippen LogP contribution in [0.2, 0.25) is 0 Å². The highest BCUT2D eigenvalue weighted by molar-refractivity contribution is 7.89.